The molecular formula is C18H20N2O3. The molecule has 0 saturated carbocycles. The van der Waals surface area contributed by atoms with Gasteiger partial charge in [0.25, 0.3) is 5.91 Å². The molecule has 2 aromatic carbocycles. The number of hydrogen-bond donors (Lipinski definition) is 1. The van der Waals surface area contributed by atoms with Crippen molar-refractivity contribution in [3.63, 3.8) is 0 Å². The Labute approximate surface area is 135 Å². The number of carbonyl (C=O) groups is 1. The lowest BCUT2D eigenvalue weighted by Crippen LogP contribution is -2.25. The van der Waals surface area contributed by atoms with Gasteiger partial charge in [-0.15, -0.1) is 0 Å². The topological polar surface area (TPSA) is 59.9 Å². The minimum Gasteiger partial charge on any atom is -0.497 e. The lowest BCUT2D eigenvalue weighted by atomic mass is 10.1. The Morgan fingerprint density at radius 3 is 2.52 bits per heavy atom. The van der Waals surface area contributed by atoms with Gasteiger partial charge in [-0.25, -0.2) is 5.43 Å². The molecule has 0 radical (unpaired) electrons. The summed E-state index contributed by atoms with van der Waals surface area (Å²) in [6.07, 6.45) is 0. The first-order valence-corrected chi connectivity index (χ1v) is 7.25. The Morgan fingerprint density at radius 2 is 1.87 bits per heavy atom. The van der Waals surface area contributed by atoms with Crippen LogP contribution in [0.25, 0.3) is 0 Å². The van der Waals surface area contributed by atoms with Crippen molar-refractivity contribution in [2.75, 3.05) is 13.7 Å². The van der Waals surface area contributed by atoms with Crippen molar-refractivity contribution < 1.29 is 14.3 Å². The van der Waals surface area contributed by atoms with Crippen LogP contribution in [0, 0.1) is 6.92 Å². The van der Waals surface area contributed by atoms with Gasteiger partial charge in [0, 0.05) is 0 Å². The highest BCUT2D eigenvalue weighted by molar-refractivity contribution is 5.99. The molecule has 0 fully saturated rings. The second kappa shape index (κ2) is 7.98. The van der Waals surface area contributed by atoms with Gasteiger partial charge in [0.2, 0.25) is 0 Å². The summed E-state index contributed by atoms with van der Waals surface area (Å²) in [6.45, 7) is 3.71. The normalized spacial score (nSPS) is 11.0. The summed E-state index contributed by atoms with van der Waals surface area (Å²) < 4.78 is 10.5. The van der Waals surface area contributed by atoms with E-state index in [2.05, 4.69) is 10.5 Å². The van der Waals surface area contributed by atoms with E-state index in [9.17, 15) is 4.79 Å². The standard InChI is InChI=1S/C18H20N2O3/c1-13-5-4-6-17(11-13)23-12-18(21)20-19-14(2)15-7-9-16(22-3)10-8-15/h4-11H,12H2,1-3H3,(H,20,21)/b19-14-. The highest BCUT2D eigenvalue weighted by atomic mass is 16.5. The molecule has 0 aliphatic heterocycles. The van der Waals surface area contributed by atoms with Crippen LogP contribution in [0.4, 0.5) is 0 Å². The summed E-state index contributed by atoms with van der Waals surface area (Å²) in [5.41, 5.74) is 5.18. The first-order valence-electron chi connectivity index (χ1n) is 7.25. The number of methoxy groups -OCH3 is 1. The van der Waals surface area contributed by atoms with Crippen LogP contribution in [-0.4, -0.2) is 25.3 Å². The van der Waals surface area contributed by atoms with Gasteiger partial charge in [-0.1, -0.05) is 12.1 Å². The third-order valence-corrected chi connectivity index (χ3v) is 3.22. The number of rotatable bonds is 6. The van der Waals surface area contributed by atoms with Gasteiger partial charge in [-0.05, 0) is 61.4 Å². The fraction of sp³-hybridized carbons (Fsp3) is 0.222. The molecule has 1 amide bonds. The summed E-state index contributed by atoms with van der Waals surface area (Å²) in [4.78, 5) is 11.8. The van der Waals surface area contributed by atoms with Crippen molar-refractivity contribution in [3.8, 4) is 11.5 Å². The maximum atomic E-state index is 11.8. The number of benzene rings is 2. The van der Waals surface area contributed by atoms with Gasteiger partial charge in [0.05, 0.1) is 12.8 Å². The van der Waals surface area contributed by atoms with Crippen LogP contribution in [0.3, 0.4) is 0 Å². The SMILES string of the molecule is COc1ccc(/C(C)=N\NC(=O)COc2cccc(C)c2)cc1. The highest BCUT2D eigenvalue weighted by Gasteiger charge is 2.03. The molecule has 0 atom stereocenters. The van der Waals surface area contributed by atoms with Crippen molar-refractivity contribution in [1.82, 2.24) is 5.43 Å². The average molecular weight is 312 g/mol. The maximum absolute atomic E-state index is 11.8. The van der Waals surface area contributed by atoms with E-state index in [4.69, 9.17) is 9.47 Å². The smallest absolute Gasteiger partial charge is 0.277 e. The van der Waals surface area contributed by atoms with Crippen LogP contribution in [0.15, 0.2) is 53.6 Å². The average Bonchev–Trinajstić information content (AvgIpc) is 2.58. The molecule has 2 aromatic rings. The number of nitrogens with one attached hydrogen (secondary N) is 1. The predicted molar refractivity (Wildman–Crippen MR) is 90.0 cm³/mol. The number of carbonyl (C=O) groups excluding carboxylic acids is 1. The van der Waals surface area contributed by atoms with Gasteiger partial charge in [-0.3, -0.25) is 4.79 Å². The third kappa shape index (κ3) is 5.14. The second-order valence-corrected chi connectivity index (χ2v) is 5.07. The van der Waals surface area contributed by atoms with Crippen molar-refractivity contribution in [2.45, 2.75) is 13.8 Å². The number of nitrogens with zero attached hydrogens (tertiary/aromatic N) is 1. The summed E-state index contributed by atoms with van der Waals surface area (Å²) >= 11 is 0. The van der Waals surface area contributed by atoms with Crippen molar-refractivity contribution in [3.05, 3.63) is 59.7 Å². The Morgan fingerprint density at radius 1 is 1.13 bits per heavy atom. The monoisotopic (exact) mass is 312 g/mol. The van der Waals surface area contributed by atoms with Gasteiger partial charge >= 0.3 is 0 Å². The van der Waals surface area contributed by atoms with Gasteiger partial charge < -0.3 is 9.47 Å². The zero-order valence-corrected chi connectivity index (χ0v) is 13.5. The van der Waals surface area contributed by atoms with Crippen LogP contribution >= 0.6 is 0 Å². The zero-order chi connectivity index (χ0) is 16.7. The van der Waals surface area contributed by atoms with E-state index in [1.165, 1.54) is 0 Å². The number of hydrogen-bond acceptors (Lipinski definition) is 4. The van der Waals surface area contributed by atoms with Crippen LogP contribution in [0.1, 0.15) is 18.1 Å². The molecule has 0 bridgehead atoms. The van der Waals surface area contributed by atoms with Gasteiger partial charge in [0.1, 0.15) is 11.5 Å². The van der Waals surface area contributed by atoms with Gasteiger partial charge in [0.15, 0.2) is 6.61 Å². The first-order chi connectivity index (χ1) is 11.1. The first kappa shape index (κ1) is 16.5. The predicted octanol–water partition coefficient (Wildman–Crippen LogP) is 2.92. The molecule has 0 heterocycles. The molecule has 5 heteroatoms. The molecule has 2 rings (SSSR count). The van der Waals surface area contributed by atoms with Crippen molar-refractivity contribution in [1.29, 1.82) is 0 Å². The quantitative estimate of drug-likeness (QED) is 0.659. The Hall–Kier alpha value is -2.82. The van der Waals surface area contributed by atoms with Crippen molar-refractivity contribution in [2.24, 2.45) is 5.10 Å². The number of aryl methyl sites for hydroxylation is 1. The van der Waals surface area contributed by atoms with E-state index in [1.807, 2.05) is 62.4 Å². The van der Waals surface area contributed by atoms with E-state index in [0.29, 0.717) is 11.5 Å². The molecule has 0 unspecified atom stereocenters. The summed E-state index contributed by atoms with van der Waals surface area (Å²) in [6, 6.07) is 15.0. The molecule has 0 aromatic heterocycles. The van der Waals surface area contributed by atoms with E-state index in [1.54, 1.807) is 7.11 Å². The molecular weight excluding hydrogens is 292 g/mol. The summed E-state index contributed by atoms with van der Waals surface area (Å²) in [5, 5.41) is 4.08. The lowest BCUT2D eigenvalue weighted by Gasteiger charge is -2.07. The maximum Gasteiger partial charge on any atom is 0.277 e. The van der Waals surface area contributed by atoms with Crippen LogP contribution in [0.2, 0.25) is 0 Å². The number of hydrazone groups is 1. The molecule has 1 N–H and O–H groups in total. The molecule has 5 nitrogen and oxygen atoms in total. The summed E-state index contributed by atoms with van der Waals surface area (Å²) in [5.74, 6) is 1.13. The molecule has 120 valence electrons. The number of amides is 1. The minimum absolute atomic E-state index is 0.0805. The highest BCUT2D eigenvalue weighted by Crippen LogP contribution is 2.12. The van der Waals surface area contributed by atoms with E-state index in [0.717, 1.165) is 16.9 Å². The third-order valence-electron chi connectivity index (χ3n) is 3.22. The van der Waals surface area contributed by atoms with Gasteiger partial charge in [-0.2, -0.15) is 5.10 Å². The summed E-state index contributed by atoms with van der Waals surface area (Å²) in [7, 11) is 1.62. The fourth-order valence-corrected chi connectivity index (χ4v) is 1.93. The fourth-order valence-electron chi connectivity index (χ4n) is 1.93. The second-order valence-electron chi connectivity index (χ2n) is 5.07. The molecule has 0 aliphatic carbocycles. The minimum atomic E-state index is -0.306. The van der Waals surface area contributed by atoms with Crippen LogP contribution < -0.4 is 14.9 Å². The Kier molecular flexibility index (Phi) is 5.74. The molecule has 0 aliphatic rings. The number of ether oxygens (including phenoxy) is 2. The largest absolute Gasteiger partial charge is 0.497 e. The Balaban J connectivity index is 1.86. The lowest BCUT2D eigenvalue weighted by molar-refractivity contribution is -0.123. The Bertz CT molecular complexity index is 694. The van der Waals surface area contributed by atoms with Crippen molar-refractivity contribution >= 4 is 11.6 Å². The van der Waals surface area contributed by atoms with Crippen LogP contribution in [-0.2, 0) is 4.79 Å². The van der Waals surface area contributed by atoms with E-state index < -0.39 is 0 Å². The molecule has 0 saturated heterocycles. The van der Waals surface area contributed by atoms with E-state index in [-0.39, 0.29) is 12.5 Å². The molecule has 0 spiro atoms. The van der Waals surface area contributed by atoms with Crippen LogP contribution in [0.5, 0.6) is 11.5 Å². The molecule has 23 heavy (non-hydrogen) atoms. The van der Waals surface area contributed by atoms with E-state index >= 15 is 0 Å². The zero-order valence-electron chi connectivity index (χ0n) is 13.5.